The van der Waals surface area contributed by atoms with Gasteiger partial charge in [0, 0.05) is 19.1 Å². The van der Waals surface area contributed by atoms with Crippen LogP contribution in [0, 0.1) is 5.82 Å². The lowest BCUT2D eigenvalue weighted by Crippen LogP contribution is -2.45. The zero-order valence-electron chi connectivity index (χ0n) is 14.1. The van der Waals surface area contributed by atoms with Gasteiger partial charge in [0.15, 0.2) is 0 Å². The third-order valence-electron chi connectivity index (χ3n) is 5.22. The molecule has 1 heterocycles. The van der Waals surface area contributed by atoms with Crippen LogP contribution >= 0.6 is 0 Å². The molecule has 0 radical (unpaired) electrons. The highest BCUT2D eigenvalue weighted by molar-refractivity contribution is 5.81. The van der Waals surface area contributed by atoms with Crippen LogP contribution in [0.5, 0.6) is 0 Å². The van der Waals surface area contributed by atoms with Crippen LogP contribution in [0.15, 0.2) is 24.3 Å². The fourth-order valence-corrected chi connectivity index (χ4v) is 3.88. The van der Waals surface area contributed by atoms with Gasteiger partial charge in [-0.05, 0) is 49.8 Å². The van der Waals surface area contributed by atoms with Crippen molar-refractivity contribution in [3.8, 4) is 0 Å². The van der Waals surface area contributed by atoms with E-state index in [2.05, 4.69) is 0 Å². The van der Waals surface area contributed by atoms with Crippen LogP contribution in [0.1, 0.15) is 44.1 Å². The van der Waals surface area contributed by atoms with E-state index >= 15 is 0 Å². The molecule has 1 amide bonds. The summed E-state index contributed by atoms with van der Waals surface area (Å²) in [6.45, 7) is 1.09. The monoisotopic (exact) mass is 334 g/mol. The topological polar surface area (TPSA) is 55.6 Å². The van der Waals surface area contributed by atoms with E-state index in [1.165, 1.54) is 18.9 Å². The van der Waals surface area contributed by atoms with E-state index in [9.17, 15) is 9.18 Å². The first-order chi connectivity index (χ1) is 11.7. The summed E-state index contributed by atoms with van der Waals surface area (Å²) in [5, 5.41) is 0. The largest absolute Gasteiger partial charge is 0.364 e. The van der Waals surface area contributed by atoms with E-state index in [0.29, 0.717) is 25.6 Å². The first-order valence-electron chi connectivity index (χ1n) is 9.08. The summed E-state index contributed by atoms with van der Waals surface area (Å²) in [6.07, 6.45) is 6.39. The van der Waals surface area contributed by atoms with Gasteiger partial charge in [-0.1, -0.05) is 25.0 Å². The number of nitrogens with two attached hydrogens (primary N) is 1. The van der Waals surface area contributed by atoms with Crippen molar-refractivity contribution < 1.29 is 13.9 Å². The lowest BCUT2D eigenvalue weighted by molar-refractivity contribution is -0.145. The van der Waals surface area contributed by atoms with Gasteiger partial charge >= 0.3 is 0 Å². The molecular formula is C19H27FN2O2. The maximum Gasteiger partial charge on any atom is 0.251 e. The number of halogens is 1. The van der Waals surface area contributed by atoms with Crippen molar-refractivity contribution in [1.29, 1.82) is 0 Å². The molecule has 2 aliphatic rings. The molecule has 2 atom stereocenters. The normalized spacial score (nSPS) is 24.4. The third kappa shape index (κ3) is 4.14. The molecule has 1 saturated carbocycles. The average molecular weight is 334 g/mol. The smallest absolute Gasteiger partial charge is 0.251 e. The number of carbonyl (C=O) groups is 1. The van der Waals surface area contributed by atoms with Gasteiger partial charge in [-0.2, -0.15) is 0 Å². The molecule has 0 bridgehead atoms. The summed E-state index contributed by atoms with van der Waals surface area (Å²) in [5.74, 6) is -0.134. The Balaban J connectivity index is 1.65. The standard InChI is InChI=1S/C19H27FN2O2/c20-15-5-3-4-14(12-15)10-11-22(16-6-1-2-7-16)19(23)18-9-8-17(13-21)24-18/h3-5,12,16-18H,1-2,6-11,13,21H2/t17-,18+/m1/s1. The molecule has 0 spiro atoms. The van der Waals surface area contributed by atoms with Gasteiger partial charge in [0.1, 0.15) is 11.9 Å². The Morgan fingerprint density at radius 2 is 2.04 bits per heavy atom. The lowest BCUT2D eigenvalue weighted by atomic mass is 10.1. The Morgan fingerprint density at radius 3 is 2.71 bits per heavy atom. The third-order valence-corrected chi connectivity index (χ3v) is 5.22. The van der Waals surface area contributed by atoms with Crippen molar-refractivity contribution in [2.24, 2.45) is 5.73 Å². The van der Waals surface area contributed by atoms with E-state index in [1.807, 2.05) is 11.0 Å². The highest BCUT2D eigenvalue weighted by Gasteiger charge is 2.36. The molecule has 24 heavy (non-hydrogen) atoms. The maximum atomic E-state index is 13.4. The predicted octanol–water partition coefficient (Wildman–Crippen LogP) is 2.65. The molecule has 1 aromatic rings. The molecule has 5 heteroatoms. The Labute approximate surface area is 143 Å². The Kier molecular flexibility index (Phi) is 5.85. The molecule has 1 aromatic carbocycles. The van der Waals surface area contributed by atoms with Crippen LogP contribution in [0.2, 0.25) is 0 Å². The van der Waals surface area contributed by atoms with Crippen molar-refractivity contribution >= 4 is 5.91 Å². The van der Waals surface area contributed by atoms with Gasteiger partial charge in [-0.15, -0.1) is 0 Å². The zero-order valence-corrected chi connectivity index (χ0v) is 14.1. The summed E-state index contributed by atoms with van der Waals surface area (Å²) in [5.41, 5.74) is 6.59. The molecule has 132 valence electrons. The number of hydrogen-bond donors (Lipinski definition) is 1. The average Bonchev–Trinajstić information content (AvgIpc) is 3.26. The Hall–Kier alpha value is -1.46. The van der Waals surface area contributed by atoms with Crippen molar-refractivity contribution in [2.45, 2.75) is 63.2 Å². The second-order valence-corrected chi connectivity index (χ2v) is 6.91. The SMILES string of the molecule is NC[C@H]1CC[C@@H](C(=O)N(CCc2cccc(F)c2)C2CCCC2)O1. The first-order valence-corrected chi connectivity index (χ1v) is 9.08. The fraction of sp³-hybridized carbons (Fsp3) is 0.632. The number of hydrogen-bond acceptors (Lipinski definition) is 3. The summed E-state index contributed by atoms with van der Waals surface area (Å²) in [4.78, 5) is 15.0. The molecule has 4 nitrogen and oxygen atoms in total. The minimum atomic E-state index is -0.355. The van der Waals surface area contributed by atoms with Crippen LogP contribution < -0.4 is 5.73 Å². The minimum absolute atomic E-state index is 0.00703. The van der Waals surface area contributed by atoms with Crippen molar-refractivity contribution in [3.05, 3.63) is 35.6 Å². The highest BCUT2D eigenvalue weighted by Crippen LogP contribution is 2.27. The number of rotatable bonds is 6. The van der Waals surface area contributed by atoms with Crippen molar-refractivity contribution in [2.75, 3.05) is 13.1 Å². The number of amides is 1. The molecule has 3 rings (SSSR count). The maximum absolute atomic E-state index is 13.4. The summed E-state index contributed by atoms with van der Waals surface area (Å²) in [7, 11) is 0. The van der Waals surface area contributed by atoms with E-state index in [4.69, 9.17) is 10.5 Å². The van der Waals surface area contributed by atoms with Gasteiger partial charge in [0.25, 0.3) is 5.91 Å². The van der Waals surface area contributed by atoms with Crippen LogP contribution in [0.3, 0.4) is 0 Å². The first kappa shape index (κ1) is 17.4. The molecule has 0 unspecified atom stereocenters. The van der Waals surface area contributed by atoms with Gasteiger partial charge < -0.3 is 15.4 Å². The number of ether oxygens (including phenoxy) is 1. The number of benzene rings is 1. The van der Waals surface area contributed by atoms with Crippen LogP contribution in [-0.2, 0) is 16.0 Å². The lowest BCUT2D eigenvalue weighted by Gasteiger charge is -2.31. The predicted molar refractivity (Wildman–Crippen MR) is 91.0 cm³/mol. The summed E-state index contributed by atoms with van der Waals surface area (Å²) in [6, 6.07) is 6.93. The molecule has 1 saturated heterocycles. The second-order valence-electron chi connectivity index (χ2n) is 6.91. The summed E-state index contributed by atoms with van der Waals surface area (Å²) >= 11 is 0. The fourth-order valence-electron chi connectivity index (χ4n) is 3.88. The van der Waals surface area contributed by atoms with Gasteiger partial charge in [0.05, 0.1) is 6.10 Å². The molecule has 2 fully saturated rings. The highest BCUT2D eigenvalue weighted by atomic mass is 19.1. The van der Waals surface area contributed by atoms with E-state index in [-0.39, 0.29) is 23.9 Å². The molecular weight excluding hydrogens is 307 g/mol. The van der Waals surface area contributed by atoms with Crippen molar-refractivity contribution in [3.63, 3.8) is 0 Å². The Bertz CT molecular complexity index is 560. The van der Waals surface area contributed by atoms with Gasteiger partial charge in [0.2, 0.25) is 0 Å². The van der Waals surface area contributed by atoms with Crippen LogP contribution in [-0.4, -0.2) is 42.1 Å². The summed E-state index contributed by atoms with van der Waals surface area (Å²) < 4.78 is 19.2. The van der Waals surface area contributed by atoms with Gasteiger partial charge in [-0.3, -0.25) is 4.79 Å². The van der Waals surface area contributed by atoms with Crippen LogP contribution in [0.4, 0.5) is 4.39 Å². The van der Waals surface area contributed by atoms with E-state index in [1.54, 1.807) is 12.1 Å². The minimum Gasteiger partial charge on any atom is -0.364 e. The van der Waals surface area contributed by atoms with E-state index in [0.717, 1.165) is 31.2 Å². The number of carbonyl (C=O) groups excluding carboxylic acids is 1. The zero-order chi connectivity index (χ0) is 16.9. The van der Waals surface area contributed by atoms with Crippen LogP contribution in [0.25, 0.3) is 0 Å². The van der Waals surface area contributed by atoms with Gasteiger partial charge in [-0.25, -0.2) is 4.39 Å². The molecule has 2 N–H and O–H groups in total. The number of nitrogens with zero attached hydrogens (tertiary/aromatic N) is 1. The van der Waals surface area contributed by atoms with E-state index < -0.39 is 0 Å². The molecule has 0 aromatic heterocycles. The van der Waals surface area contributed by atoms with Crippen molar-refractivity contribution in [1.82, 2.24) is 4.90 Å². The molecule has 1 aliphatic heterocycles. The molecule has 1 aliphatic carbocycles. The quantitative estimate of drug-likeness (QED) is 0.870. The second kappa shape index (κ2) is 8.08. The Morgan fingerprint density at radius 1 is 1.25 bits per heavy atom.